The van der Waals surface area contributed by atoms with Gasteiger partial charge in [0.25, 0.3) is 0 Å². The first kappa shape index (κ1) is 15.1. The van der Waals surface area contributed by atoms with E-state index in [-0.39, 0.29) is 11.8 Å². The van der Waals surface area contributed by atoms with Crippen LogP contribution in [0.5, 0.6) is 0 Å². The quantitative estimate of drug-likeness (QED) is 0.843. The highest BCUT2D eigenvalue weighted by Crippen LogP contribution is 2.29. The largest absolute Gasteiger partial charge is 0.275 e. The number of hydrazine groups is 1. The Morgan fingerprint density at radius 3 is 2.57 bits per heavy atom. The zero-order valence-corrected chi connectivity index (χ0v) is 13.5. The Balaban J connectivity index is 1.66. The third-order valence-corrected chi connectivity index (χ3v) is 5.04. The van der Waals surface area contributed by atoms with E-state index in [1.807, 2.05) is 17.1 Å². The second kappa shape index (κ2) is 6.55. The molecule has 0 saturated carbocycles. The van der Waals surface area contributed by atoms with Crippen LogP contribution in [0.15, 0.2) is 18.2 Å². The van der Waals surface area contributed by atoms with Gasteiger partial charge in [-0.05, 0) is 43.4 Å². The molecule has 1 aromatic carbocycles. The maximum atomic E-state index is 12.6. The summed E-state index contributed by atoms with van der Waals surface area (Å²) in [5.41, 5.74) is 1.01. The van der Waals surface area contributed by atoms with Crippen LogP contribution in [0.25, 0.3) is 0 Å². The van der Waals surface area contributed by atoms with Gasteiger partial charge < -0.3 is 0 Å². The summed E-state index contributed by atoms with van der Waals surface area (Å²) in [6.07, 6.45) is 5.28. The summed E-state index contributed by atoms with van der Waals surface area (Å²) in [4.78, 5) is 12.6. The van der Waals surface area contributed by atoms with Crippen molar-refractivity contribution in [2.24, 2.45) is 5.92 Å². The van der Waals surface area contributed by atoms with Crippen LogP contribution >= 0.6 is 23.2 Å². The van der Waals surface area contributed by atoms with Gasteiger partial charge in [0.15, 0.2) is 0 Å². The molecule has 2 aliphatic heterocycles. The molecule has 1 atom stereocenters. The molecule has 0 aliphatic carbocycles. The van der Waals surface area contributed by atoms with Crippen LogP contribution in [0.4, 0.5) is 0 Å². The van der Waals surface area contributed by atoms with Gasteiger partial charge in [-0.15, -0.1) is 0 Å². The van der Waals surface area contributed by atoms with Crippen molar-refractivity contribution < 1.29 is 4.79 Å². The Morgan fingerprint density at radius 2 is 1.86 bits per heavy atom. The van der Waals surface area contributed by atoms with Crippen LogP contribution in [-0.4, -0.2) is 35.6 Å². The van der Waals surface area contributed by atoms with Gasteiger partial charge in [-0.2, -0.15) is 0 Å². The number of hydrogen-bond acceptors (Lipinski definition) is 2. The molecule has 1 amide bonds. The molecular formula is C16H20Cl2N2O. The van der Waals surface area contributed by atoms with Crippen molar-refractivity contribution in [3.05, 3.63) is 33.8 Å². The van der Waals surface area contributed by atoms with Gasteiger partial charge in [-0.25, -0.2) is 5.01 Å². The van der Waals surface area contributed by atoms with Gasteiger partial charge >= 0.3 is 0 Å². The number of carbonyl (C=O) groups is 1. The number of benzene rings is 1. The number of piperidine rings is 1. The molecule has 2 fully saturated rings. The average molecular weight is 327 g/mol. The highest BCUT2D eigenvalue weighted by atomic mass is 35.5. The van der Waals surface area contributed by atoms with E-state index in [1.165, 1.54) is 19.3 Å². The van der Waals surface area contributed by atoms with E-state index in [9.17, 15) is 4.79 Å². The van der Waals surface area contributed by atoms with Crippen LogP contribution in [0.1, 0.15) is 31.2 Å². The first-order valence-electron chi connectivity index (χ1n) is 7.65. The second-order valence-corrected chi connectivity index (χ2v) is 6.74. The molecule has 1 unspecified atom stereocenters. The number of amides is 1. The maximum absolute atomic E-state index is 12.6. The molecule has 114 valence electrons. The van der Waals surface area contributed by atoms with Crippen LogP contribution in [0.3, 0.4) is 0 Å². The molecule has 3 rings (SSSR count). The van der Waals surface area contributed by atoms with E-state index < -0.39 is 0 Å². The molecular weight excluding hydrogens is 307 g/mol. The summed E-state index contributed by atoms with van der Waals surface area (Å²) in [5, 5.41) is 5.49. The molecule has 0 spiro atoms. The molecule has 0 aromatic heterocycles. The minimum absolute atomic E-state index is 0.0469. The zero-order chi connectivity index (χ0) is 14.8. The standard InChI is InChI=1S/C16H20Cl2N2O/c17-14-5-4-12(15(18)11-14)10-13-6-9-20(16(13)21)19-7-2-1-3-8-19/h4-5,11,13H,1-3,6-10H2. The molecule has 2 saturated heterocycles. The monoisotopic (exact) mass is 326 g/mol. The van der Waals surface area contributed by atoms with Crippen molar-refractivity contribution in [2.75, 3.05) is 19.6 Å². The average Bonchev–Trinajstić information content (AvgIpc) is 2.84. The molecule has 5 heteroatoms. The van der Waals surface area contributed by atoms with E-state index in [4.69, 9.17) is 23.2 Å². The lowest BCUT2D eigenvalue weighted by atomic mass is 9.98. The first-order chi connectivity index (χ1) is 10.1. The summed E-state index contributed by atoms with van der Waals surface area (Å²) in [5.74, 6) is 0.300. The van der Waals surface area contributed by atoms with Crippen LogP contribution in [-0.2, 0) is 11.2 Å². The van der Waals surface area contributed by atoms with Crippen molar-refractivity contribution in [3.63, 3.8) is 0 Å². The highest BCUT2D eigenvalue weighted by molar-refractivity contribution is 6.35. The predicted molar refractivity (Wildman–Crippen MR) is 85.4 cm³/mol. The minimum Gasteiger partial charge on any atom is -0.275 e. The fourth-order valence-corrected chi connectivity index (χ4v) is 3.75. The lowest BCUT2D eigenvalue weighted by Gasteiger charge is -2.34. The van der Waals surface area contributed by atoms with Crippen molar-refractivity contribution >= 4 is 29.1 Å². The second-order valence-electron chi connectivity index (χ2n) is 5.90. The SMILES string of the molecule is O=C1C(Cc2ccc(Cl)cc2Cl)CCN1N1CCCCC1. The Bertz CT molecular complexity index is 529. The molecule has 0 bridgehead atoms. The normalized spacial score (nSPS) is 23.8. The first-order valence-corrected chi connectivity index (χ1v) is 8.41. The van der Waals surface area contributed by atoms with Gasteiger partial charge in [0, 0.05) is 35.6 Å². The molecule has 3 nitrogen and oxygen atoms in total. The van der Waals surface area contributed by atoms with Crippen LogP contribution in [0.2, 0.25) is 10.0 Å². The summed E-state index contributed by atoms with van der Waals surface area (Å²) >= 11 is 12.1. The van der Waals surface area contributed by atoms with Gasteiger partial charge in [-0.3, -0.25) is 9.80 Å². The molecule has 0 N–H and O–H groups in total. The van der Waals surface area contributed by atoms with Crippen molar-refractivity contribution in [1.29, 1.82) is 0 Å². The molecule has 1 aromatic rings. The predicted octanol–water partition coefficient (Wildman–Crippen LogP) is 3.79. The number of nitrogens with zero attached hydrogens (tertiary/aromatic N) is 2. The van der Waals surface area contributed by atoms with Crippen molar-refractivity contribution in [2.45, 2.75) is 32.1 Å². The summed E-state index contributed by atoms with van der Waals surface area (Å²) in [6.45, 7) is 2.87. The van der Waals surface area contributed by atoms with Gasteiger partial charge in [0.2, 0.25) is 5.91 Å². The lowest BCUT2D eigenvalue weighted by Crippen LogP contribution is -2.47. The van der Waals surface area contributed by atoms with E-state index in [0.29, 0.717) is 16.5 Å². The lowest BCUT2D eigenvalue weighted by molar-refractivity contribution is -0.147. The van der Waals surface area contributed by atoms with E-state index in [0.717, 1.165) is 31.6 Å². The number of hydrogen-bond donors (Lipinski definition) is 0. The Hall–Kier alpha value is -0.770. The van der Waals surface area contributed by atoms with Crippen molar-refractivity contribution in [3.8, 4) is 0 Å². The Morgan fingerprint density at radius 1 is 1.10 bits per heavy atom. The topological polar surface area (TPSA) is 23.6 Å². The Kier molecular flexibility index (Phi) is 4.72. The van der Waals surface area contributed by atoms with E-state index in [1.54, 1.807) is 6.07 Å². The number of rotatable bonds is 3. The molecule has 21 heavy (non-hydrogen) atoms. The fourth-order valence-electron chi connectivity index (χ4n) is 3.26. The summed E-state index contributed by atoms with van der Waals surface area (Å²) in [7, 11) is 0. The Labute approximate surface area is 135 Å². The highest BCUT2D eigenvalue weighted by Gasteiger charge is 2.35. The third-order valence-electron chi connectivity index (χ3n) is 4.45. The molecule has 0 radical (unpaired) electrons. The smallest absolute Gasteiger partial charge is 0.240 e. The minimum atomic E-state index is 0.0469. The van der Waals surface area contributed by atoms with E-state index in [2.05, 4.69) is 5.01 Å². The fraction of sp³-hybridized carbons (Fsp3) is 0.562. The van der Waals surface area contributed by atoms with E-state index >= 15 is 0 Å². The number of carbonyl (C=O) groups excluding carboxylic acids is 1. The van der Waals surface area contributed by atoms with Crippen LogP contribution in [0, 0.1) is 5.92 Å². The van der Waals surface area contributed by atoms with Gasteiger partial charge in [0.1, 0.15) is 0 Å². The van der Waals surface area contributed by atoms with Gasteiger partial charge in [0.05, 0.1) is 0 Å². The van der Waals surface area contributed by atoms with Crippen LogP contribution < -0.4 is 0 Å². The zero-order valence-electron chi connectivity index (χ0n) is 12.0. The van der Waals surface area contributed by atoms with Crippen molar-refractivity contribution in [1.82, 2.24) is 10.0 Å². The summed E-state index contributed by atoms with van der Waals surface area (Å²) < 4.78 is 0. The van der Waals surface area contributed by atoms with Gasteiger partial charge in [-0.1, -0.05) is 35.7 Å². The molecule has 2 heterocycles. The number of halogens is 2. The molecule has 2 aliphatic rings. The maximum Gasteiger partial charge on any atom is 0.240 e. The third kappa shape index (κ3) is 3.36. The summed E-state index contributed by atoms with van der Waals surface area (Å²) in [6, 6.07) is 5.52.